The third-order valence-electron chi connectivity index (χ3n) is 8.02. The molecule has 1 aromatic carbocycles. The smallest absolute Gasteiger partial charge is 0.166 e. The van der Waals surface area contributed by atoms with Crippen molar-refractivity contribution < 1.29 is 4.74 Å². The summed E-state index contributed by atoms with van der Waals surface area (Å²) in [5, 5.41) is 0. The zero-order valence-electron chi connectivity index (χ0n) is 25.1. The maximum Gasteiger partial charge on any atom is 0.166 e. The third-order valence-corrected chi connectivity index (χ3v) is 8.02. The summed E-state index contributed by atoms with van der Waals surface area (Å²) >= 11 is 0. The zero-order valence-corrected chi connectivity index (χ0v) is 25.1. The Balaban J connectivity index is 1.46. The fraction of sp³-hybridized carbons (Fsp3) is 0.576. The third kappa shape index (κ3) is 6.31. The molecule has 2 aliphatic rings. The molecule has 2 aliphatic heterocycles. The van der Waals surface area contributed by atoms with Gasteiger partial charge in [-0.25, -0.2) is 4.98 Å². The van der Waals surface area contributed by atoms with E-state index in [-0.39, 0.29) is 16.4 Å². The Bertz CT molecular complexity index is 1210. The molecule has 5 nitrogen and oxygen atoms in total. The van der Waals surface area contributed by atoms with E-state index in [2.05, 4.69) is 90.4 Å². The van der Waals surface area contributed by atoms with Crippen molar-refractivity contribution in [3.8, 4) is 5.75 Å². The number of hydrogen-bond acceptors (Lipinski definition) is 5. The Morgan fingerprint density at radius 2 is 1.66 bits per heavy atom. The number of hydrogen-bond donors (Lipinski definition) is 1. The number of likely N-dealkylation sites (tertiary alicyclic amines) is 1. The van der Waals surface area contributed by atoms with Crippen LogP contribution in [0, 0.1) is 5.92 Å². The number of aromatic nitrogens is 1. The van der Waals surface area contributed by atoms with Crippen molar-refractivity contribution >= 4 is 17.1 Å². The monoisotopic (exact) mass is 516 g/mol. The summed E-state index contributed by atoms with van der Waals surface area (Å²) in [7, 11) is 0. The van der Waals surface area contributed by atoms with Crippen molar-refractivity contribution in [1.29, 1.82) is 0 Å². The lowest BCUT2D eigenvalue weighted by Gasteiger charge is -2.41. The molecule has 2 aromatic rings. The van der Waals surface area contributed by atoms with Crippen LogP contribution in [0.1, 0.15) is 104 Å². The van der Waals surface area contributed by atoms with E-state index in [9.17, 15) is 0 Å². The van der Waals surface area contributed by atoms with Gasteiger partial charge in [-0.3, -0.25) is 9.89 Å². The Morgan fingerprint density at radius 3 is 2.26 bits per heavy atom. The van der Waals surface area contributed by atoms with Crippen molar-refractivity contribution in [1.82, 2.24) is 9.88 Å². The van der Waals surface area contributed by atoms with Crippen LogP contribution in [0.5, 0.6) is 5.75 Å². The Kier molecular flexibility index (Phi) is 7.82. The van der Waals surface area contributed by atoms with Gasteiger partial charge in [-0.05, 0) is 85.9 Å². The highest BCUT2D eigenvalue weighted by atomic mass is 16.5. The van der Waals surface area contributed by atoms with Gasteiger partial charge in [-0.2, -0.15) is 0 Å². The van der Waals surface area contributed by atoms with E-state index in [1.165, 1.54) is 40.8 Å². The molecule has 0 aliphatic carbocycles. The van der Waals surface area contributed by atoms with Crippen molar-refractivity contribution in [3.05, 3.63) is 58.9 Å². The van der Waals surface area contributed by atoms with Gasteiger partial charge in [0.25, 0.3) is 0 Å². The van der Waals surface area contributed by atoms with Crippen LogP contribution in [-0.2, 0) is 17.4 Å². The minimum absolute atomic E-state index is 0.000358. The number of allylic oxidation sites excluding steroid dienone is 1. The van der Waals surface area contributed by atoms with E-state index in [1.54, 1.807) is 0 Å². The number of anilines is 1. The minimum atomic E-state index is -0.000358. The van der Waals surface area contributed by atoms with E-state index in [0.717, 1.165) is 25.1 Å². The minimum Gasteiger partial charge on any atom is -0.485 e. The molecule has 5 heteroatoms. The average molecular weight is 517 g/mol. The number of piperidine rings is 1. The number of nitrogen functional groups attached to an aromatic ring is 1. The van der Waals surface area contributed by atoms with Crippen molar-refractivity contribution in [2.45, 2.75) is 105 Å². The van der Waals surface area contributed by atoms with Crippen LogP contribution < -0.4 is 10.5 Å². The lowest BCUT2D eigenvalue weighted by Crippen LogP contribution is -2.47. The first-order valence-corrected chi connectivity index (χ1v) is 14.2. The summed E-state index contributed by atoms with van der Waals surface area (Å²) in [5.74, 6) is 1.62. The molecular formula is C33H48N4O. The molecule has 0 radical (unpaired) electrons. The molecule has 0 bridgehead atoms. The van der Waals surface area contributed by atoms with Gasteiger partial charge in [0.15, 0.2) is 11.6 Å². The van der Waals surface area contributed by atoms with E-state index in [4.69, 9.17) is 15.5 Å². The molecular weight excluding hydrogens is 468 g/mol. The van der Waals surface area contributed by atoms with Gasteiger partial charge in [0.1, 0.15) is 6.61 Å². The van der Waals surface area contributed by atoms with Crippen LogP contribution in [0.3, 0.4) is 0 Å². The van der Waals surface area contributed by atoms with E-state index >= 15 is 0 Å². The molecule has 1 fully saturated rings. The van der Waals surface area contributed by atoms with Gasteiger partial charge < -0.3 is 10.5 Å². The maximum absolute atomic E-state index is 6.36. The van der Waals surface area contributed by atoms with Crippen LogP contribution >= 0.6 is 0 Å². The Labute approximate surface area is 230 Å². The molecule has 2 N–H and O–H groups in total. The normalized spacial score (nSPS) is 17.9. The molecule has 0 saturated carbocycles. The molecule has 1 aromatic heterocycles. The maximum atomic E-state index is 6.36. The first-order valence-electron chi connectivity index (χ1n) is 14.2. The first kappa shape index (κ1) is 28.4. The van der Waals surface area contributed by atoms with Crippen LogP contribution in [0.25, 0.3) is 5.57 Å². The molecule has 4 rings (SSSR count). The van der Waals surface area contributed by atoms with Gasteiger partial charge in [0.2, 0.25) is 0 Å². The highest BCUT2D eigenvalue weighted by molar-refractivity contribution is 5.99. The predicted octanol–water partition coefficient (Wildman–Crippen LogP) is 7.53. The molecule has 0 atom stereocenters. The van der Waals surface area contributed by atoms with Gasteiger partial charge >= 0.3 is 0 Å². The number of benzene rings is 1. The topological polar surface area (TPSA) is 63.7 Å². The number of ether oxygens (including phenoxy) is 1. The van der Waals surface area contributed by atoms with E-state index < -0.39 is 0 Å². The highest BCUT2D eigenvalue weighted by Crippen LogP contribution is 2.38. The summed E-state index contributed by atoms with van der Waals surface area (Å²) in [4.78, 5) is 11.9. The van der Waals surface area contributed by atoms with Crippen LogP contribution in [-0.4, -0.2) is 34.2 Å². The molecule has 0 unspecified atom stereocenters. The molecule has 0 spiro atoms. The fourth-order valence-electron chi connectivity index (χ4n) is 5.89. The number of nitrogens with zero attached hydrogens (tertiary/aromatic N) is 3. The van der Waals surface area contributed by atoms with E-state index in [1.807, 2.05) is 18.5 Å². The van der Waals surface area contributed by atoms with Crippen molar-refractivity contribution in [2.24, 2.45) is 10.9 Å². The quantitative estimate of drug-likeness (QED) is 0.446. The lowest BCUT2D eigenvalue weighted by molar-refractivity contribution is 0.100. The summed E-state index contributed by atoms with van der Waals surface area (Å²) in [6, 6.07) is 8.60. The molecule has 206 valence electrons. The molecule has 38 heavy (non-hydrogen) atoms. The Hall–Kier alpha value is -2.66. The van der Waals surface area contributed by atoms with Crippen molar-refractivity contribution in [2.75, 3.05) is 18.8 Å². The second-order valence-corrected chi connectivity index (χ2v) is 14.1. The standard InChI is InChI=1S/C33H48N4O/c1-31(2,3)26-12-10-11-23(29(26)32(4,5)6)21-38-28-18-25(20-36-30(28)34)24-17-27(35-19-24)22-13-15-37(16-14-22)33(7,8)9/h10-12,18-20,22H,13-17,21H2,1-9H3,(H2,34,36). The zero-order chi connectivity index (χ0) is 27.9. The van der Waals surface area contributed by atoms with E-state index in [0.29, 0.717) is 24.1 Å². The number of pyridine rings is 1. The molecule has 1 saturated heterocycles. The SMILES string of the molecule is CC(C)(C)c1cccc(COc2cc(C3=CN=C(C4CCN(C(C)(C)C)CC4)C3)cnc2N)c1C(C)(C)C. The average Bonchev–Trinajstić information content (AvgIpc) is 3.32. The number of nitrogens with two attached hydrogens (primary N) is 1. The largest absolute Gasteiger partial charge is 0.485 e. The van der Waals surface area contributed by atoms with Crippen LogP contribution in [0.2, 0.25) is 0 Å². The van der Waals surface area contributed by atoms with Crippen molar-refractivity contribution in [3.63, 3.8) is 0 Å². The lowest BCUT2D eigenvalue weighted by atomic mass is 9.73. The summed E-state index contributed by atoms with van der Waals surface area (Å²) < 4.78 is 6.36. The van der Waals surface area contributed by atoms with Crippen LogP contribution in [0.15, 0.2) is 41.7 Å². The molecule has 0 amide bonds. The van der Waals surface area contributed by atoms with Gasteiger partial charge in [0.05, 0.1) is 0 Å². The second kappa shape index (κ2) is 10.5. The fourth-order valence-corrected chi connectivity index (χ4v) is 5.89. The summed E-state index contributed by atoms with van der Waals surface area (Å²) in [6.45, 7) is 23.3. The summed E-state index contributed by atoms with van der Waals surface area (Å²) in [6.07, 6.45) is 7.11. The number of rotatable bonds is 5. The predicted molar refractivity (Wildman–Crippen MR) is 161 cm³/mol. The second-order valence-electron chi connectivity index (χ2n) is 14.1. The summed E-state index contributed by atoms with van der Waals surface area (Å²) in [5.41, 5.74) is 14.0. The van der Waals surface area contributed by atoms with Crippen LogP contribution in [0.4, 0.5) is 5.82 Å². The number of aliphatic imine (C=N–C) groups is 1. The Morgan fingerprint density at radius 1 is 0.974 bits per heavy atom. The molecule has 3 heterocycles. The van der Waals surface area contributed by atoms with Gasteiger partial charge in [-0.15, -0.1) is 0 Å². The first-order chi connectivity index (χ1) is 17.6. The highest BCUT2D eigenvalue weighted by Gasteiger charge is 2.31. The van der Waals surface area contributed by atoms with Gasteiger partial charge in [0, 0.05) is 41.5 Å². The van der Waals surface area contributed by atoms with Gasteiger partial charge in [-0.1, -0.05) is 59.7 Å².